The van der Waals surface area contributed by atoms with Gasteiger partial charge in [0.1, 0.15) is 12.6 Å². The van der Waals surface area contributed by atoms with Crippen molar-refractivity contribution in [1.82, 2.24) is 10.2 Å². The lowest BCUT2D eigenvalue weighted by Crippen LogP contribution is -2.52. The van der Waals surface area contributed by atoms with Gasteiger partial charge in [-0.05, 0) is 54.8 Å². The van der Waals surface area contributed by atoms with Crippen LogP contribution in [-0.2, 0) is 26.2 Å². The van der Waals surface area contributed by atoms with Gasteiger partial charge in [0.25, 0.3) is 10.0 Å². The van der Waals surface area contributed by atoms with Gasteiger partial charge in [-0.15, -0.1) is 0 Å². The first-order valence-corrected chi connectivity index (χ1v) is 15.5. The second kappa shape index (κ2) is 14.7. The minimum absolute atomic E-state index is 0.00919. The maximum absolute atomic E-state index is 14.0. The van der Waals surface area contributed by atoms with Crippen LogP contribution in [0.1, 0.15) is 38.7 Å². The highest BCUT2D eigenvalue weighted by Crippen LogP contribution is 2.35. The van der Waals surface area contributed by atoms with Crippen molar-refractivity contribution in [2.75, 3.05) is 17.4 Å². The number of carbonyl (C=O) groups excluding carboxylic acids is 2. The summed E-state index contributed by atoms with van der Waals surface area (Å²) < 4.78 is 28.7. The van der Waals surface area contributed by atoms with Crippen LogP contribution in [0.15, 0.2) is 77.7 Å². The van der Waals surface area contributed by atoms with Gasteiger partial charge >= 0.3 is 0 Å². The summed E-state index contributed by atoms with van der Waals surface area (Å²) in [6.07, 6.45) is 2.02. The topological polar surface area (TPSA) is 86.8 Å². The first kappa shape index (κ1) is 31.7. The molecule has 3 aromatic carbocycles. The predicted octanol–water partition coefficient (Wildman–Crippen LogP) is 6.57. The average Bonchev–Trinajstić information content (AvgIpc) is 2.95. The Kier molecular flexibility index (Phi) is 11.7. The monoisotopic (exact) mass is 623 g/mol. The molecule has 1 unspecified atom stereocenters. The van der Waals surface area contributed by atoms with Gasteiger partial charge < -0.3 is 10.2 Å². The summed E-state index contributed by atoms with van der Waals surface area (Å²) in [6.45, 7) is 3.75. The summed E-state index contributed by atoms with van der Waals surface area (Å²) >= 11 is 18.7. The minimum Gasteiger partial charge on any atom is -0.354 e. The molecule has 0 heterocycles. The van der Waals surface area contributed by atoms with Crippen LogP contribution in [0.3, 0.4) is 0 Å². The van der Waals surface area contributed by atoms with Crippen LogP contribution in [0.2, 0.25) is 15.1 Å². The number of amides is 2. The second-order valence-electron chi connectivity index (χ2n) is 9.11. The number of nitrogens with zero attached hydrogens (tertiary/aromatic N) is 2. The van der Waals surface area contributed by atoms with E-state index in [0.717, 1.165) is 22.7 Å². The molecule has 0 saturated carbocycles. The van der Waals surface area contributed by atoms with Gasteiger partial charge in [-0.1, -0.05) is 91.5 Å². The fourth-order valence-corrected chi connectivity index (χ4v) is 6.15. The molecule has 0 aromatic heterocycles. The third-order valence-electron chi connectivity index (χ3n) is 6.29. The first-order valence-electron chi connectivity index (χ1n) is 12.9. The molecule has 1 atom stereocenters. The first-order chi connectivity index (χ1) is 19.1. The van der Waals surface area contributed by atoms with Crippen molar-refractivity contribution in [3.63, 3.8) is 0 Å². The van der Waals surface area contributed by atoms with Crippen LogP contribution < -0.4 is 9.62 Å². The Balaban J connectivity index is 2.06. The Labute approximate surface area is 251 Å². The fraction of sp³-hybridized carbons (Fsp3) is 0.310. The maximum atomic E-state index is 14.0. The molecule has 1 N–H and O–H groups in total. The normalized spacial score (nSPS) is 12.0. The molecule has 0 spiro atoms. The zero-order chi connectivity index (χ0) is 29.3. The summed E-state index contributed by atoms with van der Waals surface area (Å²) in [7, 11) is -4.25. The molecule has 40 heavy (non-hydrogen) atoms. The summed E-state index contributed by atoms with van der Waals surface area (Å²) in [5.41, 5.74) is 0.786. The van der Waals surface area contributed by atoms with E-state index < -0.39 is 28.5 Å². The molecule has 0 aliphatic heterocycles. The third kappa shape index (κ3) is 7.91. The molecule has 0 aliphatic carbocycles. The average molecular weight is 625 g/mol. The standard InChI is InChI=1S/C29H32Cl3N3O4S/c1-3-5-18-33-29(37)25(4-2)34(19-21-14-16-22(30)17-15-21)27(36)20-35(26-13-9-12-24(31)28(26)32)40(38,39)23-10-7-6-8-11-23/h6-17,25H,3-5,18-20H2,1-2H3,(H,33,37). The molecule has 3 rings (SSSR count). The van der Waals surface area contributed by atoms with Crippen LogP contribution in [-0.4, -0.2) is 44.3 Å². The van der Waals surface area contributed by atoms with Gasteiger partial charge in [0.05, 0.1) is 20.6 Å². The number of hydrogen-bond donors (Lipinski definition) is 1. The lowest BCUT2D eigenvalue weighted by molar-refractivity contribution is -0.140. The minimum atomic E-state index is -4.25. The van der Waals surface area contributed by atoms with Crippen molar-refractivity contribution in [2.24, 2.45) is 0 Å². The van der Waals surface area contributed by atoms with E-state index >= 15 is 0 Å². The predicted molar refractivity (Wildman–Crippen MR) is 161 cm³/mol. The highest BCUT2D eigenvalue weighted by Gasteiger charge is 2.34. The summed E-state index contributed by atoms with van der Waals surface area (Å²) in [5.74, 6) is -0.889. The van der Waals surface area contributed by atoms with Crippen LogP contribution >= 0.6 is 34.8 Å². The van der Waals surface area contributed by atoms with E-state index in [-0.39, 0.29) is 33.1 Å². The van der Waals surface area contributed by atoms with Gasteiger partial charge in [-0.25, -0.2) is 8.42 Å². The molecule has 0 aliphatic rings. The summed E-state index contributed by atoms with van der Waals surface area (Å²) in [5, 5.41) is 3.56. The van der Waals surface area contributed by atoms with E-state index in [4.69, 9.17) is 34.8 Å². The molecule has 2 amide bonds. The molecule has 214 valence electrons. The van der Waals surface area contributed by atoms with E-state index in [1.807, 2.05) is 6.92 Å². The number of nitrogens with one attached hydrogen (secondary N) is 1. The second-order valence-corrected chi connectivity index (χ2v) is 12.2. The molecular formula is C29H32Cl3N3O4S. The molecule has 3 aromatic rings. The number of halogens is 3. The van der Waals surface area contributed by atoms with Crippen molar-refractivity contribution in [2.45, 2.75) is 50.6 Å². The molecule has 0 fully saturated rings. The number of sulfonamides is 1. The van der Waals surface area contributed by atoms with Crippen LogP contribution in [0.25, 0.3) is 0 Å². The van der Waals surface area contributed by atoms with Gasteiger partial charge in [0, 0.05) is 18.1 Å². The van der Waals surface area contributed by atoms with E-state index in [1.54, 1.807) is 55.5 Å². The maximum Gasteiger partial charge on any atom is 0.264 e. The van der Waals surface area contributed by atoms with Crippen LogP contribution in [0, 0.1) is 0 Å². The lowest BCUT2D eigenvalue weighted by atomic mass is 10.1. The number of hydrogen-bond acceptors (Lipinski definition) is 4. The number of carbonyl (C=O) groups is 2. The largest absolute Gasteiger partial charge is 0.354 e. The van der Waals surface area contributed by atoms with Crippen molar-refractivity contribution < 1.29 is 18.0 Å². The molecule has 7 nitrogen and oxygen atoms in total. The van der Waals surface area contributed by atoms with Gasteiger partial charge in [0.15, 0.2) is 0 Å². The number of benzene rings is 3. The highest BCUT2D eigenvalue weighted by molar-refractivity contribution is 7.92. The Morgan fingerprint density at radius 3 is 2.20 bits per heavy atom. The van der Waals surface area contributed by atoms with E-state index in [1.165, 1.54) is 29.2 Å². The molecule has 0 radical (unpaired) electrons. The SMILES string of the molecule is CCCCNC(=O)C(CC)N(Cc1ccc(Cl)cc1)C(=O)CN(c1cccc(Cl)c1Cl)S(=O)(=O)c1ccccc1. The van der Waals surface area contributed by atoms with Gasteiger partial charge in [0.2, 0.25) is 11.8 Å². The Hall–Kier alpha value is -2.78. The number of anilines is 1. The van der Waals surface area contributed by atoms with Crippen molar-refractivity contribution in [3.05, 3.63) is 93.4 Å². The summed E-state index contributed by atoms with van der Waals surface area (Å²) in [6, 6.07) is 18.4. The smallest absolute Gasteiger partial charge is 0.264 e. The molecular weight excluding hydrogens is 593 g/mol. The van der Waals surface area contributed by atoms with Crippen molar-refractivity contribution in [3.8, 4) is 0 Å². The number of unbranched alkanes of at least 4 members (excludes halogenated alkanes) is 1. The van der Waals surface area contributed by atoms with Crippen molar-refractivity contribution in [1.29, 1.82) is 0 Å². The highest BCUT2D eigenvalue weighted by atomic mass is 35.5. The van der Waals surface area contributed by atoms with E-state index in [2.05, 4.69) is 5.32 Å². The Morgan fingerprint density at radius 1 is 0.900 bits per heavy atom. The van der Waals surface area contributed by atoms with Gasteiger partial charge in [-0.2, -0.15) is 0 Å². The van der Waals surface area contributed by atoms with E-state index in [9.17, 15) is 18.0 Å². The quantitative estimate of drug-likeness (QED) is 0.218. The third-order valence-corrected chi connectivity index (χ3v) is 9.13. The Morgan fingerprint density at radius 2 is 1.57 bits per heavy atom. The van der Waals surface area contributed by atoms with Crippen LogP contribution in [0.5, 0.6) is 0 Å². The zero-order valence-electron chi connectivity index (χ0n) is 22.3. The molecule has 11 heteroatoms. The number of rotatable bonds is 13. The van der Waals surface area contributed by atoms with E-state index in [0.29, 0.717) is 18.0 Å². The lowest BCUT2D eigenvalue weighted by Gasteiger charge is -2.33. The Bertz CT molecular complexity index is 1400. The van der Waals surface area contributed by atoms with Crippen LogP contribution in [0.4, 0.5) is 5.69 Å². The molecule has 0 saturated heterocycles. The van der Waals surface area contributed by atoms with Gasteiger partial charge in [-0.3, -0.25) is 13.9 Å². The summed E-state index contributed by atoms with van der Waals surface area (Å²) in [4.78, 5) is 28.6. The fourth-order valence-electron chi connectivity index (χ4n) is 4.13. The molecule has 0 bridgehead atoms. The van der Waals surface area contributed by atoms with Crippen molar-refractivity contribution >= 4 is 62.3 Å². The zero-order valence-corrected chi connectivity index (χ0v) is 25.4.